The minimum Gasteiger partial charge on any atom is -0.384 e. The molecule has 64 valence electrons. The highest BCUT2D eigenvalue weighted by molar-refractivity contribution is 5.24. The maximum atomic E-state index is 9.69. The fourth-order valence-corrected chi connectivity index (χ4v) is 1.06. The Kier molecular flexibility index (Phi) is 3.06. The van der Waals surface area contributed by atoms with E-state index in [0.717, 1.165) is 17.6 Å². The van der Waals surface area contributed by atoms with E-state index in [0.29, 0.717) is 0 Å². The van der Waals surface area contributed by atoms with Crippen molar-refractivity contribution in [3.63, 3.8) is 0 Å². The predicted octanol–water partition coefficient (Wildman–Crippen LogP) is 2.69. The SMILES string of the molecule is C=C(CC)[C@H](O)c1ccccc1. The number of hydrogen-bond donors (Lipinski definition) is 1. The first kappa shape index (κ1) is 9.01. The van der Waals surface area contributed by atoms with Gasteiger partial charge in [0, 0.05) is 0 Å². The van der Waals surface area contributed by atoms with E-state index in [-0.39, 0.29) is 0 Å². The average Bonchev–Trinajstić information content (AvgIpc) is 2.17. The number of aliphatic hydroxyl groups excluding tert-OH is 1. The molecule has 12 heavy (non-hydrogen) atoms. The van der Waals surface area contributed by atoms with Crippen molar-refractivity contribution in [2.45, 2.75) is 19.4 Å². The van der Waals surface area contributed by atoms with Gasteiger partial charge in [-0.3, -0.25) is 0 Å². The van der Waals surface area contributed by atoms with Gasteiger partial charge in [0.25, 0.3) is 0 Å². The van der Waals surface area contributed by atoms with Crippen LogP contribution < -0.4 is 0 Å². The Balaban J connectivity index is 2.78. The van der Waals surface area contributed by atoms with E-state index in [2.05, 4.69) is 6.58 Å². The van der Waals surface area contributed by atoms with Crippen LogP contribution in [0.25, 0.3) is 0 Å². The molecule has 1 aromatic carbocycles. The third kappa shape index (κ3) is 1.95. The van der Waals surface area contributed by atoms with Gasteiger partial charge in [0.15, 0.2) is 0 Å². The van der Waals surface area contributed by atoms with Gasteiger partial charge in [-0.2, -0.15) is 0 Å². The Morgan fingerprint density at radius 3 is 2.50 bits per heavy atom. The Labute approximate surface area is 73.4 Å². The summed E-state index contributed by atoms with van der Waals surface area (Å²) in [4.78, 5) is 0. The van der Waals surface area contributed by atoms with Gasteiger partial charge in [-0.05, 0) is 17.6 Å². The van der Waals surface area contributed by atoms with Crippen LogP contribution in [-0.4, -0.2) is 5.11 Å². The summed E-state index contributed by atoms with van der Waals surface area (Å²) in [5.41, 5.74) is 1.78. The molecule has 0 heterocycles. The number of hydrogen-bond acceptors (Lipinski definition) is 1. The lowest BCUT2D eigenvalue weighted by Gasteiger charge is -2.11. The van der Waals surface area contributed by atoms with Gasteiger partial charge >= 0.3 is 0 Å². The van der Waals surface area contributed by atoms with Gasteiger partial charge in [-0.1, -0.05) is 43.8 Å². The Hall–Kier alpha value is -1.08. The highest BCUT2D eigenvalue weighted by atomic mass is 16.3. The van der Waals surface area contributed by atoms with Crippen LogP contribution in [0.2, 0.25) is 0 Å². The van der Waals surface area contributed by atoms with Crippen molar-refractivity contribution in [1.82, 2.24) is 0 Å². The van der Waals surface area contributed by atoms with Crippen LogP contribution in [0.1, 0.15) is 25.0 Å². The normalized spacial score (nSPS) is 12.5. The second-order valence-corrected chi connectivity index (χ2v) is 2.83. The van der Waals surface area contributed by atoms with Gasteiger partial charge in [-0.15, -0.1) is 0 Å². The Bertz CT molecular complexity index is 251. The molecule has 0 spiro atoms. The third-order valence-corrected chi connectivity index (χ3v) is 1.96. The molecule has 0 amide bonds. The molecular weight excluding hydrogens is 148 g/mol. The third-order valence-electron chi connectivity index (χ3n) is 1.96. The van der Waals surface area contributed by atoms with Crippen molar-refractivity contribution in [2.24, 2.45) is 0 Å². The molecule has 0 aliphatic rings. The van der Waals surface area contributed by atoms with Crippen LogP contribution in [0.3, 0.4) is 0 Å². The lowest BCUT2D eigenvalue weighted by atomic mass is 10.0. The summed E-state index contributed by atoms with van der Waals surface area (Å²) in [6, 6.07) is 9.59. The standard InChI is InChI=1S/C11H14O/c1-3-9(2)11(12)10-7-5-4-6-8-10/h4-8,11-12H,2-3H2,1H3/t11-/m0/s1. The molecule has 0 bridgehead atoms. The predicted molar refractivity (Wildman–Crippen MR) is 50.8 cm³/mol. The molecule has 0 unspecified atom stereocenters. The molecule has 1 heteroatoms. The van der Waals surface area contributed by atoms with Crippen molar-refractivity contribution >= 4 is 0 Å². The molecular formula is C11H14O. The van der Waals surface area contributed by atoms with Crippen LogP contribution in [0, 0.1) is 0 Å². The maximum Gasteiger partial charge on any atom is 0.0998 e. The first-order valence-corrected chi connectivity index (χ1v) is 4.16. The zero-order valence-corrected chi connectivity index (χ0v) is 7.33. The van der Waals surface area contributed by atoms with Crippen LogP contribution in [0.5, 0.6) is 0 Å². The van der Waals surface area contributed by atoms with Gasteiger partial charge in [0.05, 0.1) is 6.10 Å². The average molecular weight is 162 g/mol. The van der Waals surface area contributed by atoms with E-state index in [4.69, 9.17) is 0 Å². The smallest absolute Gasteiger partial charge is 0.0998 e. The van der Waals surface area contributed by atoms with Crippen molar-refractivity contribution < 1.29 is 5.11 Å². The quantitative estimate of drug-likeness (QED) is 0.677. The first-order chi connectivity index (χ1) is 5.75. The highest BCUT2D eigenvalue weighted by Crippen LogP contribution is 2.21. The van der Waals surface area contributed by atoms with E-state index in [9.17, 15) is 5.11 Å². The summed E-state index contributed by atoms with van der Waals surface area (Å²) in [5.74, 6) is 0. The summed E-state index contributed by atoms with van der Waals surface area (Å²) >= 11 is 0. The van der Waals surface area contributed by atoms with Crippen LogP contribution in [0.15, 0.2) is 42.5 Å². The zero-order valence-electron chi connectivity index (χ0n) is 7.33. The maximum absolute atomic E-state index is 9.69. The van der Waals surface area contributed by atoms with Crippen molar-refractivity contribution in [3.8, 4) is 0 Å². The van der Waals surface area contributed by atoms with Crippen LogP contribution >= 0.6 is 0 Å². The lowest BCUT2D eigenvalue weighted by molar-refractivity contribution is 0.212. The molecule has 0 fully saturated rings. The molecule has 1 nitrogen and oxygen atoms in total. The molecule has 0 aliphatic heterocycles. The van der Waals surface area contributed by atoms with Gasteiger partial charge in [0.2, 0.25) is 0 Å². The minimum absolute atomic E-state index is 0.504. The second kappa shape index (κ2) is 4.07. The molecule has 1 atom stereocenters. The molecule has 0 aromatic heterocycles. The van der Waals surface area contributed by atoms with Crippen molar-refractivity contribution in [2.75, 3.05) is 0 Å². The minimum atomic E-state index is -0.504. The number of benzene rings is 1. The van der Waals surface area contributed by atoms with Crippen molar-refractivity contribution in [1.29, 1.82) is 0 Å². The summed E-state index contributed by atoms with van der Waals surface area (Å²) in [7, 11) is 0. The number of aliphatic hydroxyl groups is 1. The van der Waals surface area contributed by atoms with E-state index < -0.39 is 6.10 Å². The first-order valence-electron chi connectivity index (χ1n) is 4.16. The topological polar surface area (TPSA) is 20.2 Å². The zero-order chi connectivity index (χ0) is 8.97. The largest absolute Gasteiger partial charge is 0.384 e. The fourth-order valence-electron chi connectivity index (χ4n) is 1.06. The van der Waals surface area contributed by atoms with Crippen LogP contribution in [0.4, 0.5) is 0 Å². The Morgan fingerprint density at radius 1 is 1.42 bits per heavy atom. The van der Waals surface area contributed by atoms with Gasteiger partial charge in [0.1, 0.15) is 0 Å². The molecule has 1 N–H and O–H groups in total. The highest BCUT2D eigenvalue weighted by Gasteiger charge is 2.07. The summed E-state index contributed by atoms with van der Waals surface area (Å²) in [6.45, 7) is 5.79. The lowest BCUT2D eigenvalue weighted by Crippen LogP contribution is -1.98. The van der Waals surface area contributed by atoms with E-state index in [1.165, 1.54) is 0 Å². The van der Waals surface area contributed by atoms with Gasteiger partial charge < -0.3 is 5.11 Å². The van der Waals surface area contributed by atoms with Crippen LogP contribution in [-0.2, 0) is 0 Å². The van der Waals surface area contributed by atoms with E-state index in [1.54, 1.807) is 0 Å². The van der Waals surface area contributed by atoms with Crippen molar-refractivity contribution in [3.05, 3.63) is 48.0 Å². The molecule has 1 aromatic rings. The summed E-state index contributed by atoms with van der Waals surface area (Å²) in [5, 5.41) is 9.69. The van der Waals surface area contributed by atoms with E-state index in [1.807, 2.05) is 37.3 Å². The molecule has 0 radical (unpaired) electrons. The summed E-state index contributed by atoms with van der Waals surface area (Å²) in [6.07, 6.45) is 0.312. The summed E-state index contributed by atoms with van der Waals surface area (Å²) < 4.78 is 0. The second-order valence-electron chi connectivity index (χ2n) is 2.83. The molecule has 1 rings (SSSR count). The molecule has 0 saturated heterocycles. The molecule has 0 aliphatic carbocycles. The Morgan fingerprint density at radius 2 is 2.00 bits per heavy atom. The fraction of sp³-hybridized carbons (Fsp3) is 0.273. The van der Waals surface area contributed by atoms with E-state index >= 15 is 0 Å². The van der Waals surface area contributed by atoms with Gasteiger partial charge in [-0.25, -0.2) is 0 Å². The monoisotopic (exact) mass is 162 g/mol. The molecule has 0 saturated carbocycles. The number of rotatable bonds is 3.